The second-order valence-electron chi connectivity index (χ2n) is 3.19. The summed E-state index contributed by atoms with van der Waals surface area (Å²) in [5, 5.41) is 0. The predicted molar refractivity (Wildman–Crippen MR) is 44.4 cm³/mol. The Hall–Kier alpha value is -2.04. The molecule has 7 nitrogen and oxygen atoms in total. The molecule has 134 valence electrons. The van der Waals surface area contributed by atoms with Gasteiger partial charge in [-0.3, -0.25) is 0 Å². The molecule has 17 heteroatoms. The molecule has 0 rings (SSSR count). The Morgan fingerprint density at radius 3 is 0.913 bits per heavy atom. The average Bonchev–Trinajstić information content (AvgIpc) is 2.23. The molecule has 0 aliphatic heterocycles. The minimum Gasteiger partial charge on any atom is -0.426 e. The summed E-state index contributed by atoms with van der Waals surface area (Å²) in [4.78, 5) is 39.9. The first-order chi connectivity index (χ1) is 9.88. The number of hydrogen-bond acceptors (Lipinski definition) is 7. The lowest BCUT2D eigenvalue weighted by molar-refractivity contribution is -0.214. The Morgan fingerprint density at radius 2 is 0.783 bits per heavy atom. The number of halogens is 9. The van der Waals surface area contributed by atoms with Gasteiger partial charge in [-0.1, -0.05) is 0 Å². The second kappa shape index (κ2) is 6.22. The highest BCUT2D eigenvalue weighted by molar-refractivity contribution is 6.58. The van der Waals surface area contributed by atoms with Gasteiger partial charge < -0.3 is 18.1 Å². The van der Waals surface area contributed by atoms with E-state index in [-0.39, 0.29) is 0 Å². The molecular weight excluding hydrogens is 383 g/mol. The number of carbonyl (C=O) groups is 3. The van der Waals surface area contributed by atoms with Gasteiger partial charge in [0.2, 0.25) is 0 Å². The molecule has 0 heterocycles. The van der Waals surface area contributed by atoms with Crippen LogP contribution < -0.4 is 0 Å². The van der Waals surface area contributed by atoms with E-state index in [1.165, 1.54) is 0 Å². The fourth-order valence-corrected chi connectivity index (χ4v) is 1.76. The summed E-state index contributed by atoms with van der Waals surface area (Å²) in [6.07, 6.45) is -18.1. The lowest BCUT2D eigenvalue weighted by Gasteiger charge is -2.22. The van der Waals surface area contributed by atoms with Gasteiger partial charge in [-0.15, -0.1) is 0 Å². The third-order valence-electron chi connectivity index (χ3n) is 1.36. The van der Waals surface area contributed by atoms with Gasteiger partial charge >= 0.3 is 45.5 Å². The second-order valence-corrected chi connectivity index (χ2v) is 4.85. The van der Waals surface area contributed by atoms with Gasteiger partial charge in [-0.05, 0) is 0 Å². The summed E-state index contributed by atoms with van der Waals surface area (Å²) in [7, 11) is -6.98. The largest absolute Gasteiger partial charge is 0.897 e. The van der Waals surface area contributed by atoms with Crippen LogP contribution in [0.15, 0.2) is 0 Å². The van der Waals surface area contributed by atoms with Crippen LogP contribution in [0, 0.1) is 0 Å². The molecule has 0 saturated carbocycles. The summed E-state index contributed by atoms with van der Waals surface area (Å²) in [5.41, 5.74) is 0. The Balaban J connectivity index is 5.48. The van der Waals surface area contributed by atoms with Crippen LogP contribution in [0.1, 0.15) is 0 Å². The van der Waals surface area contributed by atoms with Crippen molar-refractivity contribution < 1.29 is 72.0 Å². The van der Waals surface area contributed by atoms with Crippen LogP contribution in [0.3, 0.4) is 0 Å². The first kappa shape index (κ1) is 21.0. The Labute approximate surface area is 119 Å². The molecule has 0 bridgehead atoms. The smallest absolute Gasteiger partial charge is 0.426 e. The van der Waals surface area contributed by atoms with Crippen molar-refractivity contribution in [3.8, 4) is 0 Å². The lowest BCUT2D eigenvalue weighted by atomic mass is 10.7. The van der Waals surface area contributed by atoms with Gasteiger partial charge in [0.1, 0.15) is 0 Å². The fourth-order valence-electron chi connectivity index (χ4n) is 0.588. The van der Waals surface area contributed by atoms with Crippen LogP contribution in [0.2, 0.25) is 0 Å². The van der Waals surface area contributed by atoms with Crippen molar-refractivity contribution in [3.05, 3.63) is 0 Å². The molecule has 0 aliphatic rings. The van der Waals surface area contributed by atoms with Gasteiger partial charge in [0.05, 0.1) is 0 Å². The van der Waals surface area contributed by atoms with E-state index in [2.05, 4.69) is 13.3 Å². The van der Waals surface area contributed by atoms with Crippen LogP contribution in [-0.4, -0.2) is 50.3 Å². The highest BCUT2D eigenvalue weighted by Gasteiger charge is 2.64. The maximum atomic E-state index is 11.8. The quantitative estimate of drug-likeness (QED) is 0.566. The third kappa shape index (κ3) is 6.71. The van der Waals surface area contributed by atoms with Crippen LogP contribution >= 0.6 is 0 Å². The Morgan fingerprint density at radius 1 is 0.609 bits per heavy atom. The molecule has 0 radical (unpaired) electrons. The van der Waals surface area contributed by atoms with E-state index in [0.29, 0.717) is 0 Å². The minimum absolute atomic E-state index is 2.78. The number of carbonyl (C=O) groups excluding carboxylic acids is 3. The molecule has 0 unspecified atom stereocenters. The molecule has 1 N–H and O–H groups in total. The average molecular weight is 384 g/mol. The zero-order chi connectivity index (χ0) is 18.9. The predicted octanol–water partition coefficient (Wildman–Crippen LogP) is 0.731. The van der Waals surface area contributed by atoms with E-state index in [4.69, 9.17) is 4.80 Å². The SMILES string of the molecule is O=C(O[Si](O)(OC(=O)C(F)(F)F)OC(=O)C(F)(F)F)C(F)(F)F. The maximum Gasteiger partial charge on any atom is 0.897 e. The molecule has 0 aromatic rings. The van der Waals surface area contributed by atoms with Crippen LogP contribution in [0.4, 0.5) is 39.5 Å². The van der Waals surface area contributed by atoms with E-state index in [0.717, 1.165) is 0 Å². The molecule has 0 amide bonds. The highest BCUT2D eigenvalue weighted by atomic mass is 28.4. The van der Waals surface area contributed by atoms with E-state index in [9.17, 15) is 53.9 Å². The summed E-state index contributed by atoms with van der Waals surface area (Å²) >= 11 is 0. The summed E-state index contributed by atoms with van der Waals surface area (Å²) in [5.74, 6) is -10.7. The molecule has 0 fully saturated rings. The van der Waals surface area contributed by atoms with Crippen molar-refractivity contribution in [2.75, 3.05) is 0 Å². The summed E-state index contributed by atoms with van der Waals surface area (Å²) < 4.78 is 115. The third-order valence-corrected chi connectivity index (χ3v) is 2.69. The number of hydrogen-bond donors (Lipinski definition) is 1. The van der Waals surface area contributed by atoms with E-state index >= 15 is 0 Å². The summed E-state index contributed by atoms with van der Waals surface area (Å²) in [6.45, 7) is 0. The zero-order valence-electron chi connectivity index (χ0n) is 9.80. The first-order valence-corrected chi connectivity index (χ1v) is 6.18. The molecule has 23 heavy (non-hydrogen) atoms. The lowest BCUT2D eigenvalue weighted by Crippen LogP contribution is -2.55. The van der Waals surface area contributed by atoms with Crippen molar-refractivity contribution in [2.24, 2.45) is 0 Å². The number of alkyl halides is 9. The van der Waals surface area contributed by atoms with E-state index in [1.807, 2.05) is 0 Å². The molecule has 0 spiro atoms. The fraction of sp³-hybridized carbons (Fsp3) is 0.500. The van der Waals surface area contributed by atoms with Gasteiger partial charge in [0, 0.05) is 0 Å². The van der Waals surface area contributed by atoms with Gasteiger partial charge in [0.15, 0.2) is 0 Å². The maximum absolute atomic E-state index is 11.8. The normalized spacial score (nSPS) is 13.3. The van der Waals surface area contributed by atoms with Crippen molar-refractivity contribution >= 4 is 27.0 Å². The molecule has 0 saturated heterocycles. The van der Waals surface area contributed by atoms with Crippen LogP contribution in [0.25, 0.3) is 0 Å². The minimum atomic E-state index is -6.98. The Bertz CT molecular complexity index is 423. The molecular formula is C6HF9O7Si. The molecule has 0 atom stereocenters. The van der Waals surface area contributed by atoms with E-state index in [1.54, 1.807) is 0 Å². The number of rotatable bonds is 3. The van der Waals surface area contributed by atoms with Crippen LogP contribution in [0.5, 0.6) is 0 Å². The van der Waals surface area contributed by atoms with Gasteiger partial charge in [-0.2, -0.15) is 39.5 Å². The van der Waals surface area contributed by atoms with Gasteiger partial charge in [-0.25, -0.2) is 14.4 Å². The van der Waals surface area contributed by atoms with Crippen molar-refractivity contribution in [1.29, 1.82) is 0 Å². The zero-order valence-corrected chi connectivity index (χ0v) is 10.8. The van der Waals surface area contributed by atoms with Crippen molar-refractivity contribution in [3.63, 3.8) is 0 Å². The van der Waals surface area contributed by atoms with E-state index < -0.39 is 45.5 Å². The molecule has 0 aromatic heterocycles. The molecule has 0 aromatic carbocycles. The van der Waals surface area contributed by atoms with Crippen LogP contribution in [-0.2, 0) is 27.7 Å². The van der Waals surface area contributed by atoms with Crippen molar-refractivity contribution in [1.82, 2.24) is 0 Å². The van der Waals surface area contributed by atoms with Crippen molar-refractivity contribution in [2.45, 2.75) is 18.5 Å². The summed E-state index contributed by atoms with van der Waals surface area (Å²) in [6, 6.07) is 0. The van der Waals surface area contributed by atoms with Gasteiger partial charge in [0.25, 0.3) is 0 Å². The highest BCUT2D eigenvalue weighted by Crippen LogP contribution is 2.25. The first-order valence-electron chi connectivity index (χ1n) is 4.51. The topological polar surface area (TPSA) is 99.1 Å². The monoisotopic (exact) mass is 384 g/mol. The Kier molecular flexibility index (Phi) is 5.67. The molecule has 0 aliphatic carbocycles. The standard InChI is InChI=1S/C6HF9O7Si/c7-4(8,9)1(16)20-23(19,21-2(17)5(10,11)12)22-3(18)6(13,14)15/h19H.